The second-order valence-electron chi connectivity index (χ2n) is 17.9. The largest absolute Gasteiger partial charge is 0.456 e. The van der Waals surface area contributed by atoms with Gasteiger partial charge in [0, 0.05) is 56.0 Å². The zero-order valence-electron chi connectivity index (χ0n) is 37.2. The Morgan fingerprint density at radius 3 is 1.35 bits per heavy atom. The lowest BCUT2D eigenvalue weighted by Gasteiger charge is -2.42. The maximum atomic E-state index is 6.22. The third kappa shape index (κ3) is 6.52. The van der Waals surface area contributed by atoms with Crippen molar-refractivity contribution < 1.29 is 4.42 Å². The zero-order valence-corrected chi connectivity index (χ0v) is 37.2. The molecule has 0 aliphatic heterocycles. The van der Waals surface area contributed by atoms with Crippen molar-refractivity contribution in [3.05, 3.63) is 258 Å². The molecule has 3 aliphatic carbocycles. The predicted molar refractivity (Wildman–Crippen MR) is 276 cm³/mol. The molecule has 0 fully saturated rings. The van der Waals surface area contributed by atoms with Crippen LogP contribution in [-0.2, 0) is 0 Å². The predicted octanol–water partition coefficient (Wildman–Crippen LogP) is 15.2. The standard InChI is InChI=1S/C63H39N5O/c1-4-16-38(17-5-1)60-64-54(37-55(65-60)45-23-11-10-22-44(45)41-30-33-57-51(34-41)46-24-14-15-27-56(46)69-57)42-28-31-49-52(35-42)58-47-25-12-13-26-48(47)59(49)53-36-43(29-32-50(53)58)63-67-61(39-18-6-2-7-19-39)66-62(68-63)40-20-8-3-9-21-40/h1-37,58-59H. The Hall–Kier alpha value is -9.13. The number of rotatable bonds is 7. The van der Waals surface area contributed by atoms with Crippen molar-refractivity contribution >= 4 is 21.9 Å². The van der Waals surface area contributed by atoms with E-state index in [1.54, 1.807) is 0 Å². The van der Waals surface area contributed by atoms with Gasteiger partial charge in [0.15, 0.2) is 23.3 Å². The molecule has 0 spiro atoms. The minimum atomic E-state index is 0.0339. The SMILES string of the molecule is c1ccc(-c2nc(-c3ccc4c(c3)C3c5ccccc5C4c4cc(-c5nc(-c6ccccc6)nc(-c6ccccc6)n5)ccc43)cc(-c3ccccc3-c3ccc4oc5ccccc5c4c3)n2)cc1. The highest BCUT2D eigenvalue weighted by Crippen LogP contribution is 2.57. The van der Waals surface area contributed by atoms with Crippen LogP contribution < -0.4 is 0 Å². The molecule has 0 saturated carbocycles. The zero-order chi connectivity index (χ0) is 45.4. The van der Waals surface area contributed by atoms with E-state index in [4.69, 9.17) is 29.3 Å². The van der Waals surface area contributed by atoms with Crippen molar-refractivity contribution in [1.29, 1.82) is 0 Å². The molecule has 2 unspecified atom stereocenters. The van der Waals surface area contributed by atoms with Gasteiger partial charge in [0.05, 0.1) is 11.4 Å². The Balaban J connectivity index is 0.895. The molecular weight excluding hydrogens is 843 g/mol. The first-order valence-corrected chi connectivity index (χ1v) is 23.4. The summed E-state index contributed by atoms with van der Waals surface area (Å²) in [5, 5.41) is 2.20. The van der Waals surface area contributed by atoms with E-state index in [9.17, 15) is 0 Å². The molecule has 69 heavy (non-hydrogen) atoms. The second kappa shape index (κ2) is 15.8. The third-order valence-electron chi connectivity index (χ3n) is 13.9. The summed E-state index contributed by atoms with van der Waals surface area (Å²) in [5.41, 5.74) is 19.5. The van der Waals surface area contributed by atoms with Crippen molar-refractivity contribution in [1.82, 2.24) is 24.9 Å². The van der Waals surface area contributed by atoms with E-state index < -0.39 is 0 Å². The van der Waals surface area contributed by atoms with Gasteiger partial charge < -0.3 is 4.42 Å². The molecular formula is C63H39N5O. The summed E-state index contributed by atoms with van der Waals surface area (Å²) >= 11 is 0. The van der Waals surface area contributed by atoms with Gasteiger partial charge in [0.25, 0.3) is 0 Å². The Kier molecular flexibility index (Phi) is 8.92. The Labute approximate surface area is 398 Å². The third-order valence-corrected chi connectivity index (χ3v) is 13.9. The smallest absolute Gasteiger partial charge is 0.164 e. The van der Waals surface area contributed by atoms with Crippen LogP contribution in [0.5, 0.6) is 0 Å². The lowest BCUT2D eigenvalue weighted by atomic mass is 9.60. The van der Waals surface area contributed by atoms with E-state index in [2.05, 4.69) is 158 Å². The topological polar surface area (TPSA) is 77.6 Å². The van der Waals surface area contributed by atoms with Gasteiger partial charge in [-0.05, 0) is 80.9 Å². The van der Waals surface area contributed by atoms with Crippen molar-refractivity contribution in [3.8, 4) is 79.2 Å². The summed E-state index contributed by atoms with van der Waals surface area (Å²) in [6, 6.07) is 78.8. The molecule has 3 aromatic heterocycles. The van der Waals surface area contributed by atoms with Crippen LogP contribution in [0.2, 0.25) is 0 Å². The molecule has 322 valence electrons. The summed E-state index contributed by atoms with van der Waals surface area (Å²) in [6.07, 6.45) is 0. The Bertz CT molecular complexity index is 3920. The van der Waals surface area contributed by atoms with Gasteiger partial charge in [-0.1, -0.05) is 188 Å². The van der Waals surface area contributed by atoms with E-state index in [1.165, 1.54) is 33.4 Å². The van der Waals surface area contributed by atoms with Gasteiger partial charge >= 0.3 is 0 Å². The van der Waals surface area contributed by atoms with Gasteiger partial charge in [0.2, 0.25) is 0 Å². The van der Waals surface area contributed by atoms with Crippen LogP contribution in [0.15, 0.2) is 229 Å². The number of benzene rings is 9. The summed E-state index contributed by atoms with van der Waals surface area (Å²) in [6.45, 7) is 0. The van der Waals surface area contributed by atoms with Crippen LogP contribution >= 0.6 is 0 Å². The van der Waals surface area contributed by atoms with Gasteiger partial charge in [-0.15, -0.1) is 0 Å². The average molecular weight is 882 g/mol. The summed E-state index contributed by atoms with van der Waals surface area (Å²) in [5.74, 6) is 2.71. The lowest BCUT2D eigenvalue weighted by molar-refractivity contribution is 0.669. The van der Waals surface area contributed by atoms with Crippen LogP contribution in [-0.4, -0.2) is 24.9 Å². The van der Waals surface area contributed by atoms with Gasteiger partial charge in [-0.2, -0.15) is 0 Å². The number of furan rings is 1. The highest BCUT2D eigenvalue weighted by molar-refractivity contribution is 6.06. The molecule has 6 nitrogen and oxygen atoms in total. The van der Waals surface area contributed by atoms with Crippen LogP contribution in [0.25, 0.3) is 101 Å². The molecule has 3 aliphatic rings. The van der Waals surface area contributed by atoms with Crippen molar-refractivity contribution in [2.24, 2.45) is 0 Å². The van der Waals surface area contributed by atoms with Crippen molar-refractivity contribution in [2.45, 2.75) is 11.8 Å². The first-order chi connectivity index (χ1) is 34.2. The summed E-state index contributed by atoms with van der Waals surface area (Å²) in [7, 11) is 0. The maximum absolute atomic E-state index is 6.22. The van der Waals surface area contributed by atoms with Crippen LogP contribution in [0.4, 0.5) is 0 Å². The number of nitrogens with zero attached hydrogens (tertiary/aromatic N) is 5. The highest BCUT2D eigenvalue weighted by Gasteiger charge is 2.41. The summed E-state index contributed by atoms with van der Waals surface area (Å²) in [4.78, 5) is 25.8. The van der Waals surface area contributed by atoms with E-state index in [-0.39, 0.29) is 11.8 Å². The Morgan fingerprint density at radius 1 is 0.261 bits per heavy atom. The van der Waals surface area contributed by atoms with E-state index >= 15 is 0 Å². The molecule has 2 atom stereocenters. The molecule has 15 rings (SSSR count). The number of aromatic nitrogens is 5. The molecule has 9 aromatic carbocycles. The van der Waals surface area contributed by atoms with E-state index in [0.717, 1.165) is 77.8 Å². The molecule has 2 bridgehead atoms. The van der Waals surface area contributed by atoms with E-state index in [0.29, 0.717) is 23.3 Å². The van der Waals surface area contributed by atoms with Crippen LogP contribution in [0.3, 0.4) is 0 Å². The fraction of sp³-hybridized carbons (Fsp3) is 0.0317. The summed E-state index contributed by atoms with van der Waals surface area (Å²) < 4.78 is 6.22. The molecule has 0 N–H and O–H groups in total. The minimum absolute atomic E-state index is 0.0339. The number of para-hydroxylation sites is 1. The van der Waals surface area contributed by atoms with Gasteiger partial charge in [-0.3, -0.25) is 0 Å². The molecule has 0 amide bonds. The number of fused-ring (bicyclic) bond motifs is 3. The molecule has 6 heteroatoms. The normalized spacial score (nSPS) is 14.4. The maximum Gasteiger partial charge on any atom is 0.164 e. The first kappa shape index (κ1) is 39.1. The molecule has 3 heterocycles. The van der Waals surface area contributed by atoms with Crippen LogP contribution in [0, 0.1) is 0 Å². The quantitative estimate of drug-likeness (QED) is 0.159. The Morgan fingerprint density at radius 2 is 0.710 bits per heavy atom. The monoisotopic (exact) mass is 881 g/mol. The number of hydrogen-bond donors (Lipinski definition) is 0. The molecule has 0 saturated heterocycles. The minimum Gasteiger partial charge on any atom is -0.456 e. The average Bonchev–Trinajstić information content (AvgIpc) is 3.81. The number of hydrogen-bond acceptors (Lipinski definition) is 6. The second-order valence-corrected chi connectivity index (χ2v) is 17.9. The van der Waals surface area contributed by atoms with Crippen LogP contribution in [0.1, 0.15) is 45.2 Å². The fourth-order valence-electron chi connectivity index (χ4n) is 10.8. The van der Waals surface area contributed by atoms with Crippen molar-refractivity contribution in [3.63, 3.8) is 0 Å². The lowest BCUT2D eigenvalue weighted by Crippen LogP contribution is -2.27. The highest BCUT2D eigenvalue weighted by atomic mass is 16.3. The first-order valence-electron chi connectivity index (χ1n) is 23.4. The fourth-order valence-corrected chi connectivity index (χ4v) is 10.8. The van der Waals surface area contributed by atoms with Crippen molar-refractivity contribution in [2.75, 3.05) is 0 Å². The molecule has 12 aromatic rings. The van der Waals surface area contributed by atoms with Gasteiger partial charge in [-0.25, -0.2) is 24.9 Å². The molecule has 0 radical (unpaired) electrons. The van der Waals surface area contributed by atoms with Gasteiger partial charge in [0.1, 0.15) is 11.2 Å². The van der Waals surface area contributed by atoms with E-state index in [1.807, 2.05) is 66.7 Å².